The second-order valence-electron chi connectivity index (χ2n) is 8.63. The monoisotopic (exact) mass is 470 g/mol. The van der Waals surface area contributed by atoms with Gasteiger partial charge in [-0.25, -0.2) is 8.42 Å². The summed E-state index contributed by atoms with van der Waals surface area (Å²) in [6.07, 6.45) is 0.842. The molecule has 0 radical (unpaired) electrons. The first kappa shape index (κ1) is 23.1. The number of aliphatic imine (C=N–C) groups is 1. The van der Waals surface area contributed by atoms with Crippen molar-refractivity contribution in [2.45, 2.75) is 31.2 Å². The van der Waals surface area contributed by atoms with E-state index in [2.05, 4.69) is 14.6 Å². The van der Waals surface area contributed by atoms with Crippen molar-refractivity contribution in [3.63, 3.8) is 0 Å². The molecule has 0 spiro atoms. The van der Waals surface area contributed by atoms with Crippen LogP contribution in [0.2, 0.25) is 0 Å². The number of carbonyl (C=O) groups excluding carboxylic acids is 1. The van der Waals surface area contributed by atoms with Gasteiger partial charge in [0.15, 0.2) is 0 Å². The molecule has 33 heavy (non-hydrogen) atoms. The molecule has 1 amide bonds. The van der Waals surface area contributed by atoms with Gasteiger partial charge in [0, 0.05) is 37.4 Å². The Kier molecular flexibility index (Phi) is 6.60. The fraction of sp³-hybridized carbons (Fsp3) is 0.417. The largest absolute Gasteiger partial charge is 0.497 e. The number of amidine groups is 1. The molecule has 2 aromatic rings. The molecule has 1 atom stereocenters. The van der Waals surface area contributed by atoms with Crippen molar-refractivity contribution in [2.24, 2.45) is 10.9 Å². The lowest BCUT2D eigenvalue weighted by Crippen LogP contribution is -2.43. The molecule has 4 rings (SSSR count). The van der Waals surface area contributed by atoms with Gasteiger partial charge in [-0.1, -0.05) is 26.0 Å². The van der Waals surface area contributed by atoms with Gasteiger partial charge >= 0.3 is 0 Å². The van der Waals surface area contributed by atoms with Crippen LogP contribution in [0.5, 0.6) is 5.75 Å². The highest BCUT2D eigenvalue weighted by Crippen LogP contribution is 2.25. The predicted molar refractivity (Wildman–Crippen MR) is 128 cm³/mol. The third-order valence-corrected chi connectivity index (χ3v) is 7.46. The van der Waals surface area contributed by atoms with Crippen molar-refractivity contribution in [1.82, 2.24) is 9.62 Å². The Morgan fingerprint density at radius 3 is 2.45 bits per heavy atom. The SMILES string of the molecule is COc1ccc(N2CCCN(C(=O)[C@@H](N=C3NS(=O)(=O)c4ccccc43)C(C)C)CC2)cc1. The van der Waals surface area contributed by atoms with Crippen LogP contribution in [0, 0.1) is 5.92 Å². The lowest BCUT2D eigenvalue weighted by atomic mass is 10.0. The zero-order valence-corrected chi connectivity index (χ0v) is 20.0. The van der Waals surface area contributed by atoms with E-state index < -0.39 is 16.1 Å². The minimum Gasteiger partial charge on any atom is -0.497 e. The fourth-order valence-corrected chi connectivity index (χ4v) is 5.47. The first-order chi connectivity index (χ1) is 15.8. The number of hydrogen-bond donors (Lipinski definition) is 1. The van der Waals surface area contributed by atoms with E-state index in [0.29, 0.717) is 18.7 Å². The highest BCUT2D eigenvalue weighted by molar-refractivity contribution is 7.90. The molecule has 9 heteroatoms. The van der Waals surface area contributed by atoms with E-state index >= 15 is 0 Å². The third-order valence-electron chi connectivity index (χ3n) is 6.06. The van der Waals surface area contributed by atoms with Crippen molar-refractivity contribution >= 4 is 27.5 Å². The number of hydrogen-bond acceptors (Lipinski definition) is 6. The van der Waals surface area contributed by atoms with Crippen LogP contribution in [-0.4, -0.2) is 64.4 Å². The van der Waals surface area contributed by atoms with E-state index in [1.165, 1.54) is 0 Å². The van der Waals surface area contributed by atoms with Gasteiger partial charge in [-0.15, -0.1) is 0 Å². The van der Waals surface area contributed by atoms with Crippen LogP contribution < -0.4 is 14.4 Å². The minimum absolute atomic E-state index is 0.0716. The van der Waals surface area contributed by atoms with Crippen molar-refractivity contribution < 1.29 is 17.9 Å². The van der Waals surface area contributed by atoms with Crippen LogP contribution in [0.3, 0.4) is 0 Å². The number of carbonyl (C=O) groups is 1. The molecular weight excluding hydrogens is 440 g/mol. The number of methoxy groups -OCH3 is 1. The summed E-state index contributed by atoms with van der Waals surface area (Å²) in [5.41, 5.74) is 1.61. The average molecular weight is 471 g/mol. The second kappa shape index (κ2) is 9.43. The summed E-state index contributed by atoms with van der Waals surface area (Å²) in [6.45, 7) is 6.66. The van der Waals surface area contributed by atoms with Crippen molar-refractivity contribution in [3.8, 4) is 5.75 Å². The van der Waals surface area contributed by atoms with Crippen LogP contribution >= 0.6 is 0 Å². The summed E-state index contributed by atoms with van der Waals surface area (Å²) in [6, 6.07) is 14.0. The maximum absolute atomic E-state index is 13.5. The molecule has 2 heterocycles. The Morgan fingerprint density at radius 1 is 1.03 bits per heavy atom. The van der Waals surface area contributed by atoms with Gasteiger partial charge in [-0.05, 0) is 48.7 Å². The Morgan fingerprint density at radius 2 is 1.76 bits per heavy atom. The van der Waals surface area contributed by atoms with Crippen LogP contribution in [0.1, 0.15) is 25.8 Å². The van der Waals surface area contributed by atoms with E-state index in [9.17, 15) is 13.2 Å². The minimum atomic E-state index is -3.65. The molecule has 0 aliphatic carbocycles. The number of ether oxygens (including phenoxy) is 1. The van der Waals surface area contributed by atoms with Gasteiger partial charge < -0.3 is 14.5 Å². The zero-order valence-electron chi connectivity index (χ0n) is 19.2. The first-order valence-electron chi connectivity index (χ1n) is 11.2. The summed E-state index contributed by atoms with van der Waals surface area (Å²) in [5, 5.41) is 0. The number of fused-ring (bicyclic) bond motifs is 1. The summed E-state index contributed by atoms with van der Waals surface area (Å²) in [7, 11) is -2.00. The maximum atomic E-state index is 13.5. The fourth-order valence-electron chi connectivity index (χ4n) is 4.23. The first-order valence-corrected chi connectivity index (χ1v) is 12.7. The number of nitrogens with one attached hydrogen (secondary N) is 1. The van der Waals surface area contributed by atoms with Gasteiger partial charge in [-0.3, -0.25) is 14.5 Å². The third kappa shape index (κ3) is 4.83. The highest BCUT2D eigenvalue weighted by atomic mass is 32.2. The smallest absolute Gasteiger partial charge is 0.263 e. The van der Waals surface area contributed by atoms with Gasteiger partial charge in [0.05, 0.1) is 12.0 Å². The van der Waals surface area contributed by atoms with Gasteiger partial charge in [0.2, 0.25) is 5.91 Å². The lowest BCUT2D eigenvalue weighted by Gasteiger charge is -2.27. The molecule has 0 saturated carbocycles. The summed E-state index contributed by atoms with van der Waals surface area (Å²) in [5.74, 6) is 0.904. The molecule has 0 bridgehead atoms. The van der Waals surface area contributed by atoms with E-state index in [4.69, 9.17) is 4.74 Å². The molecule has 2 aromatic carbocycles. The normalized spacial score (nSPS) is 19.7. The Hall–Kier alpha value is -3.07. The van der Waals surface area contributed by atoms with Gasteiger partial charge in [0.1, 0.15) is 17.6 Å². The molecule has 0 unspecified atom stereocenters. The molecular formula is C24H30N4O4S. The number of amides is 1. The molecule has 2 aliphatic rings. The molecule has 176 valence electrons. The zero-order chi connectivity index (χ0) is 23.6. The predicted octanol–water partition coefficient (Wildman–Crippen LogP) is 2.50. The quantitative estimate of drug-likeness (QED) is 0.725. The van der Waals surface area contributed by atoms with Crippen LogP contribution in [0.15, 0.2) is 58.4 Å². The van der Waals surface area contributed by atoms with Crippen molar-refractivity contribution in [3.05, 3.63) is 54.1 Å². The number of rotatable bonds is 5. The highest BCUT2D eigenvalue weighted by Gasteiger charge is 2.34. The Bertz CT molecular complexity index is 1150. The molecule has 1 saturated heterocycles. The van der Waals surface area contributed by atoms with Crippen LogP contribution in [0.4, 0.5) is 5.69 Å². The van der Waals surface area contributed by atoms with E-state index in [1.807, 2.05) is 43.0 Å². The van der Waals surface area contributed by atoms with E-state index in [-0.39, 0.29) is 22.6 Å². The molecule has 2 aliphatic heterocycles. The van der Waals surface area contributed by atoms with Crippen molar-refractivity contribution in [1.29, 1.82) is 0 Å². The van der Waals surface area contributed by atoms with Crippen molar-refractivity contribution in [2.75, 3.05) is 38.2 Å². The summed E-state index contributed by atoms with van der Waals surface area (Å²) in [4.78, 5) is 22.4. The molecule has 1 N–H and O–H groups in total. The topological polar surface area (TPSA) is 91.3 Å². The van der Waals surface area contributed by atoms with Gasteiger partial charge in [0.25, 0.3) is 10.0 Å². The Labute approximate surface area is 195 Å². The average Bonchev–Trinajstić information content (AvgIpc) is 2.96. The van der Waals surface area contributed by atoms with Crippen LogP contribution in [-0.2, 0) is 14.8 Å². The number of nitrogens with zero attached hydrogens (tertiary/aromatic N) is 3. The Balaban J connectivity index is 1.51. The van der Waals surface area contributed by atoms with E-state index in [1.54, 1.807) is 31.4 Å². The number of anilines is 1. The second-order valence-corrected chi connectivity index (χ2v) is 10.3. The molecule has 1 fully saturated rings. The summed E-state index contributed by atoms with van der Waals surface area (Å²) < 4.78 is 32.6. The maximum Gasteiger partial charge on any atom is 0.263 e. The lowest BCUT2D eigenvalue weighted by molar-refractivity contribution is -0.133. The number of benzene rings is 2. The summed E-state index contributed by atoms with van der Waals surface area (Å²) >= 11 is 0. The standard InChI is InChI=1S/C24H30N4O4S/c1-17(2)22(25-23-20-7-4-5-8-21(20)33(30,31)26-23)24(29)28-14-6-13-27(15-16-28)18-9-11-19(32-3)12-10-18/h4-5,7-12,17,22H,6,13-16H2,1-3H3,(H,25,26)/t22-/m0/s1. The number of sulfonamides is 1. The van der Waals surface area contributed by atoms with E-state index in [0.717, 1.165) is 30.9 Å². The molecule has 0 aromatic heterocycles. The van der Waals surface area contributed by atoms with Crippen LogP contribution in [0.25, 0.3) is 0 Å². The van der Waals surface area contributed by atoms with Gasteiger partial charge in [-0.2, -0.15) is 0 Å². The molecule has 8 nitrogen and oxygen atoms in total.